The van der Waals surface area contributed by atoms with Crippen LogP contribution in [0.2, 0.25) is 13.3 Å². The van der Waals surface area contributed by atoms with Crippen LogP contribution in [0.3, 0.4) is 0 Å². The van der Waals surface area contributed by atoms with Crippen molar-refractivity contribution in [2.45, 2.75) is 72.6 Å². The Hall–Kier alpha value is -2.24. The van der Waals surface area contributed by atoms with Gasteiger partial charge in [0.25, 0.3) is 0 Å². The first-order valence-corrected chi connectivity index (χ1v) is 22.7. The summed E-state index contributed by atoms with van der Waals surface area (Å²) in [5, 5.41) is 0. The molecule has 200 valence electrons. The van der Waals surface area contributed by atoms with Crippen molar-refractivity contribution < 1.29 is 9.47 Å². The summed E-state index contributed by atoms with van der Waals surface area (Å²) in [5.41, 5.74) is 1.15. The van der Waals surface area contributed by atoms with Crippen molar-refractivity contribution >= 4 is 32.6 Å². The number of unbranched alkanes of at least 4 members (excludes halogenated alkanes) is 3. The fourth-order valence-electron chi connectivity index (χ4n) is 5.15. The number of rotatable bonds is 15. The molecule has 0 unspecified atom stereocenters. The van der Waals surface area contributed by atoms with Crippen molar-refractivity contribution in [2.24, 2.45) is 0 Å². The third kappa shape index (κ3) is 7.66. The van der Waals surface area contributed by atoms with Crippen LogP contribution >= 0.6 is 11.3 Å². The van der Waals surface area contributed by atoms with E-state index in [4.69, 9.17) is 9.47 Å². The molecule has 0 amide bonds. The molecule has 0 spiro atoms. The molecule has 4 rings (SSSR count). The minimum atomic E-state index is -2.48. The predicted molar refractivity (Wildman–Crippen MR) is 167 cm³/mol. The number of ether oxygens (including phenoxy) is 2. The van der Waals surface area contributed by atoms with E-state index in [2.05, 4.69) is 56.4 Å². The van der Waals surface area contributed by atoms with Crippen LogP contribution in [0.1, 0.15) is 59.3 Å². The maximum atomic E-state index is 6.48. The first kappa shape index (κ1) is 28.8. The molecule has 0 saturated heterocycles. The molecule has 0 saturated carbocycles. The molecule has 0 fully saturated rings. The Morgan fingerprint density at radius 1 is 0.579 bits per heavy atom. The topological polar surface area (TPSA) is 18.5 Å². The van der Waals surface area contributed by atoms with Gasteiger partial charge in [-0.15, -0.1) is 0 Å². The summed E-state index contributed by atoms with van der Waals surface area (Å²) < 4.78 is 18.9. The van der Waals surface area contributed by atoms with Crippen LogP contribution in [0.15, 0.2) is 91.0 Å². The van der Waals surface area contributed by atoms with E-state index < -0.39 is 18.4 Å². The summed E-state index contributed by atoms with van der Waals surface area (Å²) in [6.07, 6.45) is 8.03. The molecule has 0 aliphatic carbocycles. The molecule has 3 aromatic carbocycles. The van der Waals surface area contributed by atoms with E-state index in [9.17, 15) is 0 Å². The molecule has 0 atom stereocenters. The summed E-state index contributed by atoms with van der Waals surface area (Å²) in [6.45, 7) is 7.05. The molecular formula is C34H42O2SSn. The van der Waals surface area contributed by atoms with Gasteiger partial charge in [0.05, 0.1) is 0 Å². The van der Waals surface area contributed by atoms with Crippen LogP contribution in [0.25, 0.3) is 10.4 Å². The van der Waals surface area contributed by atoms with Crippen LogP contribution in [-0.4, -0.2) is 18.4 Å². The van der Waals surface area contributed by atoms with Gasteiger partial charge in [-0.3, -0.25) is 0 Å². The van der Waals surface area contributed by atoms with Crippen molar-refractivity contribution in [1.82, 2.24) is 0 Å². The quantitative estimate of drug-likeness (QED) is 0.121. The molecule has 0 aliphatic heterocycles. The van der Waals surface area contributed by atoms with Crippen molar-refractivity contribution in [3.63, 3.8) is 0 Å². The predicted octanol–water partition coefficient (Wildman–Crippen LogP) is 11.1. The van der Waals surface area contributed by atoms with Crippen LogP contribution in [0.4, 0.5) is 0 Å². The van der Waals surface area contributed by atoms with E-state index in [0.29, 0.717) is 0 Å². The van der Waals surface area contributed by atoms with E-state index in [1.807, 2.05) is 66.7 Å². The fraction of sp³-hybridized carbons (Fsp3) is 0.353. The first-order valence-electron chi connectivity index (χ1n) is 14.4. The molecule has 0 aliphatic rings. The number of hydrogen-bond donors (Lipinski definition) is 0. The van der Waals surface area contributed by atoms with Crippen molar-refractivity contribution in [1.29, 1.82) is 0 Å². The SMILES string of the molecule is CCC[CH2][Sn]([CH2]CCC)([CH2]CCC)[c]1ccc(-c2ccc(Oc3ccccc3)cc2Oc2ccccc2)s1. The second kappa shape index (κ2) is 14.8. The van der Waals surface area contributed by atoms with Gasteiger partial charge in [0.1, 0.15) is 0 Å². The van der Waals surface area contributed by atoms with Gasteiger partial charge in [-0.2, -0.15) is 0 Å². The summed E-state index contributed by atoms with van der Waals surface area (Å²) >= 11 is -0.431. The summed E-state index contributed by atoms with van der Waals surface area (Å²) in [6, 6.07) is 31.2. The van der Waals surface area contributed by atoms with Crippen molar-refractivity contribution in [3.8, 4) is 33.4 Å². The van der Waals surface area contributed by atoms with Gasteiger partial charge in [0.2, 0.25) is 0 Å². The Balaban J connectivity index is 1.71. The molecule has 4 heteroatoms. The van der Waals surface area contributed by atoms with Gasteiger partial charge in [-0.05, 0) is 0 Å². The van der Waals surface area contributed by atoms with Gasteiger partial charge >= 0.3 is 239 Å². The van der Waals surface area contributed by atoms with Crippen LogP contribution < -0.4 is 12.4 Å². The van der Waals surface area contributed by atoms with E-state index in [0.717, 1.165) is 28.6 Å². The molecule has 1 aromatic heterocycles. The third-order valence-electron chi connectivity index (χ3n) is 7.32. The van der Waals surface area contributed by atoms with Gasteiger partial charge in [0, 0.05) is 0 Å². The fourth-order valence-corrected chi connectivity index (χ4v) is 25.3. The van der Waals surface area contributed by atoms with E-state index in [-0.39, 0.29) is 0 Å². The molecule has 1 heterocycles. The molecule has 0 N–H and O–H groups in total. The second-order valence-electron chi connectivity index (χ2n) is 10.2. The Bertz CT molecular complexity index is 1210. The number of hydrogen-bond acceptors (Lipinski definition) is 3. The van der Waals surface area contributed by atoms with Crippen LogP contribution in [0, 0.1) is 0 Å². The zero-order valence-electron chi connectivity index (χ0n) is 23.2. The van der Waals surface area contributed by atoms with Gasteiger partial charge < -0.3 is 0 Å². The zero-order chi connectivity index (χ0) is 26.6. The van der Waals surface area contributed by atoms with Gasteiger partial charge in [0.15, 0.2) is 0 Å². The molecular weight excluding hydrogens is 591 g/mol. The zero-order valence-corrected chi connectivity index (χ0v) is 26.9. The second-order valence-corrected chi connectivity index (χ2v) is 25.5. The summed E-state index contributed by atoms with van der Waals surface area (Å²) in [5.74, 6) is 3.29. The molecule has 0 radical (unpaired) electrons. The first-order chi connectivity index (χ1) is 18.7. The van der Waals surface area contributed by atoms with Gasteiger partial charge in [-0.25, -0.2) is 0 Å². The van der Waals surface area contributed by atoms with Gasteiger partial charge in [-0.1, -0.05) is 0 Å². The Morgan fingerprint density at radius 3 is 1.68 bits per heavy atom. The van der Waals surface area contributed by atoms with E-state index >= 15 is 0 Å². The molecule has 0 bridgehead atoms. The Morgan fingerprint density at radius 2 is 1.13 bits per heavy atom. The average Bonchev–Trinajstić information content (AvgIpc) is 3.45. The van der Waals surface area contributed by atoms with Crippen molar-refractivity contribution in [3.05, 3.63) is 91.0 Å². The van der Waals surface area contributed by atoms with Crippen LogP contribution in [0.5, 0.6) is 23.0 Å². The molecule has 4 aromatic rings. The number of para-hydroxylation sites is 2. The van der Waals surface area contributed by atoms with Crippen LogP contribution in [-0.2, 0) is 0 Å². The Kier molecular flexibility index (Phi) is 11.2. The van der Waals surface area contributed by atoms with Crippen molar-refractivity contribution in [2.75, 3.05) is 0 Å². The number of thiophene rings is 1. The summed E-state index contributed by atoms with van der Waals surface area (Å²) in [7, 11) is 0. The molecule has 2 nitrogen and oxygen atoms in total. The maximum absolute atomic E-state index is 6.48. The van der Waals surface area contributed by atoms with E-state index in [1.54, 1.807) is 2.89 Å². The number of benzene rings is 3. The average molecular weight is 633 g/mol. The Labute approximate surface area is 237 Å². The monoisotopic (exact) mass is 634 g/mol. The normalized spacial score (nSPS) is 11.4. The standard InChI is InChI=1S/C22H15O2S.3C4H9.Sn/c1-3-8-17(9-4-1)23-19-13-14-20(22-12-7-15-25-22)21(16-19)24-18-10-5-2-6-11-18;3*1-3-4-2;/h1-14,16H;3*1,3-4H2,2H3;. The molecule has 38 heavy (non-hydrogen) atoms. The summed E-state index contributed by atoms with van der Waals surface area (Å²) in [4.78, 5) is 1.31. The third-order valence-corrected chi connectivity index (χ3v) is 26.7. The van der Waals surface area contributed by atoms with E-state index in [1.165, 1.54) is 56.7 Å². The minimum absolute atomic E-state index is 0.782.